The number of ether oxygens (including phenoxy) is 1. The van der Waals surface area contributed by atoms with Gasteiger partial charge in [-0.2, -0.15) is 0 Å². The van der Waals surface area contributed by atoms with Crippen molar-refractivity contribution in [2.45, 2.75) is 63.7 Å². The number of aromatic nitrogens is 3. The van der Waals surface area contributed by atoms with Gasteiger partial charge in [0.25, 0.3) is 0 Å². The summed E-state index contributed by atoms with van der Waals surface area (Å²) >= 11 is 1.77. The Labute approximate surface area is 167 Å². The monoisotopic (exact) mass is 388 g/mol. The van der Waals surface area contributed by atoms with E-state index in [0.717, 1.165) is 55.8 Å². The number of aryl methyl sites for hydroxylation is 1. The highest BCUT2D eigenvalue weighted by Gasteiger charge is 2.22. The number of thioether (sulfide) groups is 1. The predicted molar refractivity (Wildman–Crippen MR) is 111 cm³/mol. The van der Waals surface area contributed by atoms with Crippen molar-refractivity contribution in [3.63, 3.8) is 0 Å². The van der Waals surface area contributed by atoms with E-state index in [1.165, 1.54) is 11.1 Å². The smallest absolute Gasteiger partial charge is 0.191 e. The third-order valence-corrected chi connectivity index (χ3v) is 5.93. The van der Waals surface area contributed by atoms with Crippen LogP contribution in [-0.2, 0) is 23.6 Å². The number of rotatable bonds is 9. The van der Waals surface area contributed by atoms with Crippen molar-refractivity contribution in [3.8, 4) is 0 Å². The van der Waals surface area contributed by atoms with Crippen LogP contribution >= 0.6 is 11.8 Å². The third kappa shape index (κ3) is 5.80. The van der Waals surface area contributed by atoms with Crippen molar-refractivity contribution >= 4 is 11.8 Å². The average Bonchev–Trinajstić information content (AvgIpc) is 3.25. The van der Waals surface area contributed by atoms with Crippen LogP contribution < -0.4 is 0 Å². The van der Waals surface area contributed by atoms with E-state index < -0.39 is 0 Å². The van der Waals surface area contributed by atoms with Crippen LogP contribution in [0.1, 0.15) is 43.6 Å². The van der Waals surface area contributed by atoms with Crippen LogP contribution in [0.5, 0.6) is 0 Å². The summed E-state index contributed by atoms with van der Waals surface area (Å²) in [5, 5.41) is 10.1. The molecule has 1 atom stereocenters. The van der Waals surface area contributed by atoms with E-state index in [4.69, 9.17) is 4.74 Å². The van der Waals surface area contributed by atoms with Gasteiger partial charge in [-0.25, -0.2) is 0 Å². The Kier molecular flexibility index (Phi) is 7.33. The molecule has 1 aromatic carbocycles. The minimum absolute atomic E-state index is 0.285. The standard InChI is InChI=1S/C21H32N4OS/c1-16(2)12-24(4)14-20-22-23-21(25(20)13-19-10-7-11-26-19)27-15-18-9-6-5-8-17(18)3/h5-6,8-9,16,19H,7,10-15H2,1-4H3/t19-/m0/s1. The number of benzene rings is 1. The van der Waals surface area contributed by atoms with E-state index >= 15 is 0 Å². The lowest BCUT2D eigenvalue weighted by Crippen LogP contribution is -2.26. The van der Waals surface area contributed by atoms with Crippen LogP contribution in [0, 0.1) is 12.8 Å². The number of hydrogen-bond donors (Lipinski definition) is 0. The summed E-state index contributed by atoms with van der Waals surface area (Å²) in [5.41, 5.74) is 2.68. The second kappa shape index (κ2) is 9.71. The topological polar surface area (TPSA) is 43.2 Å². The highest BCUT2D eigenvalue weighted by atomic mass is 32.2. The van der Waals surface area contributed by atoms with E-state index in [-0.39, 0.29) is 6.10 Å². The van der Waals surface area contributed by atoms with Crippen molar-refractivity contribution in [3.05, 3.63) is 41.2 Å². The zero-order chi connectivity index (χ0) is 19.2. The van der Waals surface area contributed by atoms with E-state index in [2.05, 4.69) is 71.7 Å². The maximum absolute atomic E-state index is 5.89. The van der Waals surface area contributed by atoms with Crippen LogP contribution in [0.3, 0.4) is 0 Å². The van der Waals surface area contributed by atoms with Crippen LogP contribution in [0.4, 0.5) is 0 Å². The molecule has 0 amide bonds. The van der Waals surface area contributed by atoms with E-state index in [1.54, 1.807) is 11.8 Å². The quantitative estimate of drug-likeness (QED) is 0.604. The lowest BCUT2D eigenvalue weighted by atomic mass is 10.1. The van der Waals surface area contributed by atoms with Gasteiger partial charge in [0.05, 0.1) is 19.2 Å². The van der Waals surface area contributed by atoms with Gasteiger partial charge >= 0.3 is 0 Å². The van der Waals surface area contributed by atoms with Gasteiger partial charge in [-0.15, -0.1) is 10.2 Å². The maximum Gasteiger partial charge on any atom is 0.191 e. The fraction of sp³-hybridized carbons (Fsp3) is 0.619. The molecule has 0 unspecified atom stereocenters. The Morgan fingerprint density at radius 1 is 1.30 bits per heavy atom. The summed E-state index contributed by atoms with van der Waals surface area (Å²) in [6, 6.07) is 8.55. The molecule has 0 aliphatic carbocycles. The molecule has 0 N–H and O–H groups in total. The average molecular weight is 389 g/mol. The van der Waals surface area contributed by atoms with Crippen molar-refractivity contribution in [1.29, 1.82) is 0 Å². The van der Waals surface area contributed by atoms with E-state index in [0.29, 0.717) is 5.92 Å². The summed E-state index contributed by atoms with van der Waals surface area (Å²) in [6.45, 7) is 10.3. The molecule has 2 heterocycles. The fourth-order valence-corrected chi connectivity index (χ4v) is 4.60. The molecule has 5 nitrogen and oxygen atoms in total. The SMILES string of the molecule is Cc1ccccc1CSc1nnc(CN(C)CC(C)C)n1C[C@@H]1CCCO1. The molecule has 148 valence electrons. The van der Waals surface area contributed by atoms with Crippen LogP contribution in [0.25, 0.3) is 0 Å². The molecule has 0 bridgehead atoms. The molecular formula is C21H32N4OS. The Morgan fingerprint density at radius 2 is 2.11 bits per heavy atom. The number of hydrogen-bond acceptors (Lipinski definition) is 5. The van der Waals surface area contributed by atoms with Gasteiger partial charge in [-0.1, -0.05) is 49.9 Å². The largest absolute Gasteiger partial charge is 0.376 e. The molecular weight excluding hydrogens is 356 g/mol. The van der Waals surface area contributed by atoms with Crippen LogP contribution in [0.15, 0.2) is 29.4 Å². The second-order valence-corrected chi connectivity index (χ2v) is 8.89. The minimum atomic E-state index is 0.285. The van der Waals surface area contributed by atoms with Crippen molar-refractivity contribution in [2.75, 3.05) is 20.2 Å². The summed E-state index contributed by atoms with van der Waals surface area (Å²) < 4.78 is 8.18. The highest BCUT2D eigenvalue weighted by molar-refractivity contribution is 7.98. The van der Waals surface area contributed by atoms with Crippen LogP contribution in [0.2, 0.25) is 0 Å². The third-order valence-electron chi connectivity index (χ3n) is 4.91. The lowest BCUT2D eigenvalue weighted by Gasteiger charge is -2.20. The molecule has 27 heavy (non-hydrogen) atoms. The first-order chi connectivity index (χ1) is 13.0. The minimum Gasteiger partial charge on any atom is -0.376 e. The summed E-state index contributed by atoms with van der Waals surface area (Å²) in [5.74, 6) is 2.60. The molecule has 1 aromatic heterocycles. The fourth-order valence-electron chi connectivity index (χ4n) is 3.56. The molecule has 6 heteroatoms. The molecule has 1 aliphatic rings. The molecule has 1 saturated heterocycles. The lowest BCUT2D eigenvalue weighted by molar-refractivity contribution is 0.0934. The Balaban J connectivity index is 1.74. The first-order valence-electron chi connectivity index (χ1n) is 9.92. The predicted octanol–water partition coefficient (Wildman–Crippen LogP) is 4.15. The molecule has 0 spiro atoms. The molecule has 3 rings (SSSR count). The molecule has 2 aromatic rings. The Hall–Kier alpha value is -1.37. The van der Waals surface area contributed by atoms with Crippen molar-refractivity contribution in [1.82, 2.24) is 19.7 Å². The first-order valence-corrected chi connectivity index (χ1v) is 10.9. The summed E-state index contributed by atoms with van der Waals surface area (Å²) in [6.07, 6.45) is 2.57. The normalized spacial score (nSPS) is 17.3. The van der Waals surface area contributed by atoms with Gasteiger partial charge in [0.1, 0.15) is 5.82 Å². The van der Waals surface area contributed by atoms with Gasteiger partial charge < -0.3 is 9.30 Å². The van der Waals surface area contributed by atoms with E-state index in [9.17, 15) is 0 Å². The molecule has 0 radical (unpaired) electrons. The van der Waals surface area contributed by atoms with Crippen molar-refractivity contribution in [2.24, 2.45) is 5.92 Å². The van der Waals surface area contributed by atoms with Gasteiger partial charge in [0.2, 0.25) is 0 Å². The molecule has 0 saturated carbocycles. The van der Waals surface area contributed by atoms with E-state index in [1.807, 2.05) is 0 Å². The Bertz CT molecular complexity index is 725. The highest BCUT2D eigenvalue weighted by Crippen LogP contribution is 2.26. The van der Waals surface area contributed by atoms with Gasteiger partial charge in [0.15, 0.2) is 5.16 Å². The zero-order valence-electron chi connectivity index (χ0n) is 17.0. The maximum atomic E-state index is 5.89. The van der Waals surface area contributed by atoms with Gasteiger partial charge in [-0.05, 0) is 43.9 Å². The van der Waals surface area contributed by atoms with Crippen molar-refractivity contribution < 1.29 is 4.74 Å². The van der Waals surface area contributed by atoms with Crippen LogP contribution in [-0.4, -0.2) is 46.0 Å². The molecule has 1 aliphatic heterocycles. The van der Waals surface area contributed by atoms with Gasteiger partial charge in [0, 0.05) is 18.9 Å². The molecule has 1 fully saturated rings. The van der Waals surface area contributed by atoms with Gasteiger partial charge in [-0.3, -0.25) is 4.90 Å². The Morgan fingerprint density at radius 3 is 2.81 bits per heavy atom. The summed E-state index contributed by atoms with van der Waals surface area (Å²) in [7, 11) is 2.16. The first kappa shape index (κ1) is 20.4. The summed E-state index contributed by atoms with van der Waals surface area (Å²) in [4.78, 5) is 2.33. The zero-order valence-corrected chi connectivity index (χ0v) is 17.8. The second-order valence-electron chi connectivity index (χ2n) is 7.95. The number of nitrogens with zero attached hydrogens (tertiary/aromatic N) is 4.